The second-order valence-electron chi connectivity index (χ2n) is 12.9. The molecular formula is C35H56N4O7. The third-order valence-electron chi connectivity index (χ3n) is 7.02. The number of rotatable bonds is 22. The average Bonchev–Trinajstić information content (AvgIpc) is 2.98. The molecule has 0 radical (unpaired) electrons. The molecule has 0 unspecified atom stereocenters. The zero-order valence-electron chi connectivity index (χ0n) is 28.6. The molecule has 3 atom stereocenters. The minimum absolute atomic E-state index is 0.0769. The maximum atomic E-state index is 13.4. The van der Waals surface area contributed by atoms with Crippen LogP contribution in [0.3, 0.4) is 0 Å². The fourth-order valence-electron chi connectivity index (χ4n) is 4.80. The van der Waals surface area contributed by atoms with Gasteiger partial charge in [0.15, 0.2) is 0 Å². The Labute approximate surface area is 275 Å². The molecule has 4 amide bonds. The first-order valence-electron chi connectivity index (χ1n) is 16.5. The maximum Gasteiger partial charge on any atom is 0.407 e. The predicted molar refractivity (Wildman–Crippen MR) is 178 cm³/mol. The molecule has 0 fully saturated rings. The highest BCUT2D eigenvalue weighted by Crippen LogP contribution is 2.12. The molecule has 0 aromatic heterocycles. The van der Waals surface area contributed by atoms with E-state index in [1.807, 2.05) is 71.9 Å². The molecule has 0 aliphatic carbocycles. The zero-order chi connectivity index (χ0) is 34.5. The van der Waals surface area contributed by atoms with Crippen LogP contribution < -0.4 is 21.3 Å². The molecule has 4 N–H and O–H groups in total. The van der Waals surface area contributed by atoms with Gasteiger partial charge < -0.3 is 30.7 Å². The van der Waals surface area contributed by atoms with E-state index in [2.05, 4.69) is 27.8 Å². The molecule has 0 aliphatic rings. The molecule has 258 valence electrons. The first-order valence-corrected chi connectivity index (χ1v) is 16.5. The summed E-state index contributed by atoms with van der Waals surface area (Å²) in [5.41, 5.74) is 0.920. The Morgan fingerprint density at radius 3 is 1.80 bits per heavy atom. The van der Waals surface area contributed by atoms with Crippen LogP contribution in [0.25, 0.3) is 0 Å². The number of unbranched alkanes of at least 4 members (excludes halogenated alkanes) is 3. The van der Waals surface area contributed by atoms with Crippen LogP contribution in [0.15, 0.2) is 43.2 Å². The molecule has 0 aliphatic heterocycles. The Balaban J connectivity index is 2.58. The SMILES string of the molecule is C=COC(=O)[C@H](CC(C)C)NC(=O)[C@H](CC(C)C)NC(=O)[C@H](CC(C)C)NC(=O)CCCCCCNC(=O)OCc1ccccc1. The predicted octanol–water partition coefficient (Wildman–Crippen LogP) is 5.14. The highest BCUT2D eigenvalue weighted by atomic mass is 16.5. The van der Waals surface area contributed by atoms with E-state index >= 15 is 0 Å². The van der Waals surface area contributed by atoms with Crippen LogP contribution in [0.5, 0.6) is 0 Å². The first-order chi connectivity index (χ1) is 21.8. The molecule has 0 saturated heterocycles. The van der Waals surface area contributed by atoms with Crippen LogP contribution in [0.4, 0.5) is 4.79 Å². The maximum absolute atomic E-state index is 13.4. The van der Waals surface area contributed by atoms with Crippen molar-refractivity contribution in [3.05, 3.63) is 48.7 Å². The molecule has 11 nitrogen and oxygen atoms in total. The van der Waals surface area contributed by atoms with E-state index in [1.165, 1.54) is 0 Å². The van der Waals surface area contributed by atoms with Gasteiger partial charge in [0.1, 0.15) is 24.7 Å². The lowest BCUT2D eigenvalue weighted by Gasteiger charge is -2.27. The number of hydrogen-bond donors (Lipinski definition) is 4. The molecule has 11 heteroatoms. The van der Waals surface area contributed by atoms with Crippen LogP contribution in [-0.2, 0) is 35.3 Å². The second kappa shape index (κ2) is 22.6. The fourth-order valence-corrected chi connectivity index (χ4v) is 4.80. The Kier molecular flexibility index (Phi) is 19.7. The highest BCUT2D eigenvalue weighted by Gasteiger charge is 2.31. The second-order valence-corrected chi connectivity index (χ2v) is 12.9. The van der Waals surface area contributed by atoms with Crippen molar-refractivity contribution in [2.45, 2.75) is 118 Å². The smallest absolute Gasteiger partial charge is 0.407 e. The van der Waals surface area contributed by atoms with E-state index in [9.17, 15) is 24.0 Å². The van der Waals surface area contributed by atoms with Gasteiger partial charge in [0.05, 0.1) is 6.26 Å². The van der Waals surface area contributed by atoms with Gasteiger partial charge in [0, 0.05) is 13.0 Å². The average molecular weight is 645 g/mol. The summed E-state index contributed by atoms with van der Waals surface area (Å²) < 4.78 is 10.1. The zero-order valence-corrected chi connectivity index (χ0v) is 28.6. The molecule has 1 aromatic rings. The fraction of sp³-hybridized carbons (Fsp3) is 0.629. The monoisotopic (exact) mass is 644 g/mol. The van der Waals surface area contributed by atoms with Crippen LogP contribution in [0.1, 0.15) is 98.5 Å². The van der Waals surface area contributed by atoms with Gasteiger partial charge in [-0.3, -0.25) is 14.4 Å². The first kappa shape index (κ1) is 40.1. The third kappa shape index (κ3) is 18.2. The molecule has 0 bridgehead atoms. The van der Waals surface area contributed by atoms with Gasteiger partial charge in [-0.2, -0.15) is 0 Å². The van der Waals surface area contributed by atoms with Crippen molar-refractivity contribution in [2.24, 2.45) is 17.8 Å². The summed E-state index contributed by atoms with van der Waals surface area (Å²) in [6.07, 6.45) is 4.95. The summed E-state index contributed by atoms with van der Waals surface area (Å²) in [6.45, 7) is 15.7. The number of alkyl carbamates (subject to hydrolysis) is 1. The van der Waals surface area contributed by atoms with Gasteiger partial charge in [0.2, 0.25) is 17.7 Å². The number of carbonyl (C=O) groups is 5. The Hall–Kier alpha value is -3.89. The van der Waals surface area contributed by atoms with Crippen LogP contribution in [0, 0.1) is 17.8 Å². The topological polar surface area (TPSA) is 152 Å². The molecule has 0 heterocycles. The minimum Gasteiger partial charge on any atom is -0.445 e. The number of ether oxygens (including phenoxy) is 2. The van der Waals surface area contributed by atoms with Crippen molar-refractivity contribution in [3.63, 3.8) is 0 Å². The quantitative estimate of drug-likeness (QED) is 0.0775. The molecule has 0 saturated carbocycles. The van der Waals surface area contributed by atoms with Gasteiger partial charge in [-0.1, -0.05) is 91.3 Å². The number of amides is 4. The largest absolute Gasteiger partial charge is 0.445 e. The number of hydrogen-bond acceptors (Lipinski definition) is 7. The number of benzene rings is 1. The molecule has 1 rings (SSSR count). The van der Waals surface area contributed by atoms with Crippen molar-refractivity contribution in [3.8, 4) is 0 Å². The van der Waals surface area contributed by atoms with Crippen molar-refractivity contribution >= 4 is 29.8 Å². The van der Waals surface area contributed by atoms with E-state index in [0.29, 0.717) is 32.2 Å². The Bertz CT molecular complexity index is 1090. The van der Waals surface area contributed by atoms with Gasteiger partial charge in [-0.05, 0) is 55.4 Å². The van der Waals surface area contributed by atoms with Crippen molar-refractivity contribution < 1.29 is 33.4 Å². The summed E-state index contributed by atoms with van der Waals surface area (Å²) in [5, 5.41) is 11.1. The van der Waals surface area contributed by atoms with E-state index < -0.39 is 42.0 Å². The summed E-state index contributed by atoms with van der Waals surface area (Å²) in [4.78, 5) is 63.7. The van der Waals surface area contributed by atoms with Gasteiger partial charge in [-0.25, -0.2) is 9.59 Å². The number of carbonyl (C=O) groups excluding carboxylic acids is 5. The normalized spacial score (nSPS) is 13.0. The minimum atomic E-state index is -0.894. The van der Waals surface area contributed by atoms with Gasteiger partial charge in [-0.15, -0.1) is 0 Å². The molecule has 1 aromatic carbocycles. The lowest BCUT2D eigenvalue weighted by Crippen LogP contribution is -2.56. The number of esters is 1. The van der Waals surface area contributed by atoms with Crippen LogP contribution in [-0.4, -0.2) is 54.5 Å². The van der Waals surface area contributed by atoms with E-state index in [-0.39, 0.29) is 36.7 Å². The van der Waals surface area contributed by atoms with Crippen molar-refractivity contribution in [1.29, 1.82) is 0 Å². The van der Waals surface area contributed by atoms with Gasteiger partial charge in [0.25, 0.3) is 0 Å². The standard InChI is InChI=1S/C35H56N4O7/c1-8-45-34(43)30(22-26(6)7)39-33(42)29(21-25(4)5)38-32(41)28(20-24(2)3)37-31(40)18-14-9-10-15-19-36-35(44)46-23-27-16-12-11-13-17-27/h8,11-13,16-17,24-26,28-30H,1,9-10,14-15,18-23H2,2-7H3,(H,36,44)(H,37,40)(H,38,41)(H,39,42)/t28-,29-,30-/m0/s1. The highest BCUT2D eigenvalue weighted by molar-refractivity contribution is 5.93. The third-order valence-corrected chi connectivity index (χ3v) is 7.02. The summed E-state index contributed by atoms with van der Waals surface area (Å²) in [5.74, 6) is -1.48. The van der Waals surface area contributed by atoms with Crippen LogP contribution in [0.2, 0.25) is 0 Å². The van der Waals surface area contributed by atoms with E-state index in [4.69, 9.17) is 9.47 Å². The van der Waals surface area contributed by atoms with Gasteiger partial charge >= 0.3 is 12.1 Å². The molecular weight excluding hydrogens is 588 g/mol. The lowest BCUT2D eigenvalue weighted by molar-refractivity contribution is -0.143. The summed E-state index contributed by atoms with van der Waals surface area (Å²) >= 11 is 0. The van der Waals surface area contributed by atoms with E-state index in [0.717, 1.165) is 31.1 Å². The molecule has 0 spiro atoms. The van der Waals surface area contributed by atoms with Crippen molar-refractivity contribution in [2.75, 3.05) is 6.54 Å². The number of nitrogens with one attached hydrogen (secondary N) is 4. The van der Waals surface area contributed by atoms with Crippen molar-refractivity contribution in [1.82, 2.24) is 21.3 Å². The van der Waals surface area contributed by atoms with Crippen LogP contribution >= 0.6 is 0 Å². The Morgan fingerprint density at radius 1 is 0.717 bits per heavy atom. The Morgan fingerprint density at radius 2 is 1.24 bits per heavy atom. The van der Waals surface area contributed by atoms with E-state index in [1.54, 1.807) is 0 Å². The lowest BCUT2D eigenvalue weighted by atomic mass is 9.99. The molecule has 46 heavy (non-hydrogen) atoms. The summed E-state index contributed by atoms with van der Waals surface area (Å²) in [6, 6.07) is 6.87. The summed E-state index contributed by atoms with van der Waals surface area (Å²) in [7, 11) is 0.